The first-order chi connectivity index (χ1) is 15.8. The second-order valence-corrected chi connectivity index (χ2v) is 7.03. The Bertz CT molecular complexity index is 978. The molecule has 2 aromatic carbocycles. The van der Waals surface area contributed by atoms with Crippen LogP contribution in [0.3, 0.4) is 0 Å². The zero-order valence-corrected chi connectivity index (χ0v) is 18.1. The molecule has 0 saturated heterocycles. The standard InChI is InChI=1S/C24H27N3O6/c1-2-33-19(28)15-9-14-18(22(25)30)26-24(32)21(29)20(16-10-5-3-6-11-16)27-23(31)17-12-7-4-8-13-17/h3-13,15,18,20-21,29H,2,14H2,1H3,(H2,25,30)(H,26,32)(H,27,31)/b15-9+/t18-,20+,21-/m1/s1. The third-order valence-corrected chi connectivity index (χ3v) is 4.64. The number of amides is 3. The lowest BCUT2D eigenvalue weighted by Crippen LogP contribution is -2.51. The predicted octanol–water partition coefficient (Wildman–Crippen LogP) is 0.998. The highest BCUT2D eigenvalue weighted by Gasteiger charge is 2.31. The van der Waals surface area contributed by atoms with Crippen LogP contribution >= 0.6 is 0 Å². The zero-order chi connectivity index (χ0) is 24.2. The lowest BCUT2D eigenvalue weighted by Gasteiger charge is -2.25. The first-order valence-corrected chi connectivity index (χ1v) is 10.3. The number of esters is 1. The van der Waals surface area contributed by atoms with Crippen LogP contribution in [-0.2, 0) is 19.1 Å². The highest BCUT2D eigenvalue weighted by Crippen LogP contribution is 2.18. The number of primary amides is 1. The van der Waals surface area contributed by atoms with Crippen LogP contribution < -0.4 is 16.4 Å². The van der Waals surface area contributed by atoms with Crippen LogP contribution in [0, 0.1) is 0 Å². The van der Waals surface area contributed by atoms with E-state index >= 15 is 0 Å². The van der Waals surface area contributed by atoms with Crippen LogP contribution in [0.4, 0.5) is 0 Å². The Morgan fingerprint density at radius 1 is 1.00 bits per heavy atom. The molecule has 0 unspecified atom stereocenters. The van der Waals surface area contributed by atoms with Gasteiger partial charge in [-0.3, -0.25) is 14.4 Å². The van der Waals surface area contributed by atoms with Gasteiger partial charge in [0.2, 0.25) is 5.91 Å². The Morgan fingerprint density at radius 3 is 2.18 bits per heavy atom. The van der Waals surface area contributed by atoms with Gasteiger partial charge in [0.15, 0.2) is 6.10 Å². The largest absolute Gasteiger partial charge is 0.463 e. The van der Waals surface area contributed by atoms with Gasteiger partial charge < -0.3 is 26.2 Å². The van der Waals surface area contributed by atoms with Crippen molar-refractivity contribution in [1.29, 1.82) is 0 Å². The highest BCUT2D eigenvalue weighted by atomic mass is 16.5. The second kappa shape index (κ2) is 12.8. The molecule has 174 valence electrons. The second-order valence-electron chi connectivity index (χ2n) is 7.03. The molecular formula is C24H27N3O6. The number of carbonyl (C=O) groups excluding carboxylic acids is 4. The number of aliphatic hydroxyl groups excluding tert-OH is 1. The lowest BCUT2D eigenvalue weighted by molar-refractivity contribution is -0.137. The molecule has 2 rings (SSSR count). The molecule has 0 aliphatic rings. The summed E-state index contributed by atoms with van der Waals surface area (Å²) >= 11 is 0. The van der Waals surface area contributed by atoms with Crippen molar-refractivity contribution in [2.24, 2.45) is 5.73 Å². The minimum Gasteiger partial charge on any atom is -0.463 e. The fraction of sp³-hybridized carbons (Fsp3) is 0.250. The molecule has 0 fully saturated rings. The maximum atomic E-state index is 12.8. The minimum absolute atomic E-state index is 0.0843. The van der Waals surface area contributed by atoms with E-state index in [4.69, 9.17) is 10.5 Å². The van der Waals surface area contributed by atoms with Crippen LogP contribution in [-0.4, -0.2) is 47.6 Å². The summed E-state index contributed by atoms with van der Waals surface area (Å²) in [7, 11) is 0. The van der Waals surface area contributed by atoms with Gasteiger partial charge >= 0.3 is 5.97 Å². The van der Waals surface area contributed by atoms with E-state index in [-0.39, 0.29) is 13.0 Å². The topological polar surface area (TPSA) is 148 Å². The van der Waals surface area contributed by atoms with Crippen LogP contribution in [0.15, 0.2) is 72.8 Å². The molecule has 0 aliphatic carbocycles. The summed E-state index contributed by atoms with van der Waals surface area (Å²) in [5.74, 6) is -2.85. The molecule has 0 spiro atoms. The van der Waals surface area contributed by atoms with Crippen molar-refractivity contribution in [3.8, 4) is 0 Å². The van der Waals surface area contributed by atoms with Gasteiger partial charge in [-0.25, -0.2) is 4.79 Å². The Balaban J connectivity index is 2.15. The van der Waals surface area contributed by atoms with Crippen molar-refractivity contribution in [1.82, 2.24) is 10.6 Å². The summed E-state index contributed by atoms with van der Waals surface area (Å²) < 4.78 is 4.75. The first-order valence-electron chi connectivity index (χ1n) is 10.3. The average Bonchev–Trinajstić information content (AvgIpc) is 2.82. The minimum atomic E-state index is -1.73. The normalized spacial score (nSPS) is 13.5. The molecule has 9 nitrogen and oxygen atoms in total. The van der Waals surface area contributed by atoms with Crippen LogP contribution in [0.5, 0.6) is 0 Å². The van der Waals surface area contributed by atoms with Gasteiger partial charge in [0, 0.05) is 11.6 Å². The fourth-order valence-corrected chi connectivity index (χ4v) is 2.96. The van der Waals surface area contributed by atoms with Gasteiger partial charge in [0.05, 0.1) is 12.6 Å². The number of ether oxygens (including phenoxy) is 1. The van der Waals surface area contributed by atoms with Crippen molar-refractivity contribution in [3.05, 3.63) is 83.9 Å². The maximum absolute atomic E-state index is 12.8. The molecule has 3 amide bonds. The molecule has 0 aliphatic heterocycles. The van der Waals surface area contributed by atoms with E-state index in [9.17, 15) is 24.3 Å². The summed E-state index contributed by atoms with van der Waals surface area (Å²) in [5, 5.41) is 15.8. The Labute approximate surface area is 191 Å². The molecule has 0 bridgehead atoms. The summed E-state index contributed by atoms with van der Waals surface area (Å²) in [5.41, 5.74) is 6.19. The summed E-state index contributed by atoms with van der Waals surface area (Å²) in [6.45, 7) is 1.85. The quantitative estimate of drug-likeness (QED) is 0.295. The number of carbonyl (C=O) groups is 4. The fourth-order valence-electron chi connectivity index (χ4n) is 2.96. The third kappa shape index (κ3) is 7.89. The van der Waals surface area contributed by atoms with Gasteiger partial charge in [-0.05, 0) is 31.0 Å². The molecule has 0 heterocycles. The average molecular weight is 453 g/mol. The first kappa shape index (κ1) is 25.3. The molecule has 33 heavy (non-hydrogen) atoms. The maximum Gasteiger partial charge on any atom is 0.330 e. The van der Waals surface area contributed by atoms with E-state index < -0.39 is 41.9 Å². The van der Waals surface area contributed by atoms with E-state index in [1.807, 2.05) is 0 Å². The van der Waals surface area contributed by atoms with E-state index in [1.54, 1.807) is 67.6 Å². The van der Waals surface area contributed by atoms with Gasteiger partial charge in [-0.2, -0.15) is 0 Å². The Morgan fingerprint density at radius 2 is 1.61 bits per heavy atom. The number of benzene rings is 2. The number of rotatable bonds is 11. The van der Waals surface area contributed by atoms with E-state index in [2.05, 4.69) is 10.6 Å². The molecular weight excluding hydrogens is 426 g/mol. The van der Waals surface area contributed by atoms with E-state index in [1.165, 1.54) is 6.08 Å². The number of hydrogen-bond acceptors (Lipinski definition) is 6. The smallest absolute Gasteiger partial charge is 0.330 e. The molecule has 2 aromatic rings. The summed E-state index contributed by atoms with van der Waals surface area (Å²) in [6.07, 6.45) is 0.649. The summed E-state index contributed by atoms with van der Waals surface area (Å²) in [4.78, 5) is 48.6. The highest BCUT2D eigenvalue weighted by molar-refractivity contribution is 5.95. The molecule has 0 saturated carbocycles. The molecule has 9 heteroatoms. The van der Waals surface area contributed by atoms with Crippen molar-refractivity contribution in [2.45, 2.75) is 31.5 Å². The van der Waals surface area contributed by atoms with Gasteiger partial charge in [-0.15, -0.1) is 0 Å². The van der Waals surface area contributed by atoms with Crippen molar-refractivity contribution in [3.63, 3.8) is 0 Å². The number of nitrogens with one attached hydrogen (secondary N) is 2. The van der Waals surface area contributed by atoms with Crippen LogP contribution in [0.2, 0.25) is 0 Å². The third-order valence-electron chi connectivity index (χ3n) is 4.64. The van der Waals surface area contributed by atoms with Crippen molar-refractivity contribution >= 4 is 23.7 Å². The van der Waals surface area contributed by atoms with E-state index in [0.717, 1.165) is 6.08 Å². The van der Waals surface area contributed by atoms with Gasteiger partial charge in [0.1, 0.15) is 6.04 Å². The van der Waals surface area contributed by atoms with E-state index in [0.29, 0.717) is 11.1 Å². The lowest BCUT2D eigenvalue weighted by atomic mass is 9.99. The molecule has 3 atom stereocenters. The molecule has 0 aromatic heterocycles. The SMILES string of the molecule is CCOC(=O)/C=C/C[C@@H](NC(=O)[C@H](O)[C@@H](NC(=O)c1ccccc1)c1ccccc1)C(N)=O. The number of nitrogens with two attached hydrogens (primary N) is 1. The zero-order valence-electron chi connectivity index (χ0n) is 18.1. The van der Waals surface area contributed by atoms with Gasteiger partial charge in [0.25, 0.3) is 11.8 Å². The predicted molar refractivity (Wildman–Crippen MR) is 121 cm³/mol. The van der Waals surface area contributed by atoms with Crippen LogP contribution in [0.1, 0.15) is 35.3 Å². The van der Waals surface area contributed by atoms with Crippen molar-refractivity contribution in [2.75, 3.05) is 6.61 Å². The van der Waals surface area contributed by atoms with Crippen molar-refractivity contribution < 1.29 is 29.0 Å². The van der Waals surface area contributed by atoms with Crippen LogP contribution in [0.25, 0.3) is 0 Å². The summed E-state index contributed by atoms with van der Waals surface area (Å²) in [6, 6.07) is 14.5. The van der Waals surface area contributed by atoms with Gasteiger partial charge in [-0.1, -0.05) is 54.6 Å². The molecule has 5 N–H and O–H groups in total. The Kier molecular flexibility index (Phi) is 9.79. The number of hydrogen-bond donors (Lipinski definition) is 4. The molecule has 0 radical (unpaired) electrons. The number of aliphatic hydroxyl groups is 1. The monoisotopic (exact) mass is 453 g/mol. The Hall–Kier alpha value is -3.98.